The van der Waals surface area contributed by atoms with E-state index in [0.29, 0.717) is 0 Å². The highest BCUT2D eigenvalue weighted by Gasteiger charge is 2.27. The molecule has 2 unspecified atom stereocenters. The predicted octanol–water partition coefficient (Wildman–Crippen LogP) is 2.83. The first-order valence-corrected chi connectivity index (χ1v) is 6.58. The minimum atomic E-state index is -0.306. The van der Waals surface area contributed by atoms with Gasteiger partial charge in [0.2, 0.25) is 0 Å². The molecule has 2 nitrogen and oxygen atoms in total. The van der Waals surface area contributed by atoms with Gasteiger partial charge < -0.3 is 5.73 Å². The number of halogens is 2. The van der Waals surface area contributed by atoms with Crippen LogP contribution in [0.25, 0.3) is 0 Å². The quantitative estimate of drug-likeness (QED) is 0.933. The summed E-state index contributed by atoms with van der Waals surface area (Å²) in [5.74, 6) is -0.0801. The van der Waals surface area contributed by atoms with Gasteiger partial charge in [-0.05, 0) is 43.0 Å². The Bertz CT molecular complexity index is 435. The SMILES string of the molecule is NC1CCC(C(=O)Cc2cc(F)ccc2Br)C1. The molecule has 1 aromatic carbocycles. The van der Waals surface area contributed by atoms with Crippen LogP contribution >= 0.6 is 15.9 Å². The fourth-order valence-electron chi connectivity index (χ4n) is 2.32. The summed E-state index contributed by atoms with van der Waals surface area (Å²) in [5.41, 5.74) is 6.51. The van der Waals surface area contributed by atoms with Crippen LogP contribution in [-0.4, -0.2) is 11.8 Å². The Hall–Kier alpha value is -0.740. The molecule has 92 valence electrons. The van der Waals surface area contributed by atoms with Gasteiger partial charge in [-0.25, -0.2) is 4.39 Å². The van der Waals surface area contributed by atoms with Gasteiger partial charge in [-0.3, -0.25) is 4.79 Å². The third-order valence-corrected chi connectivity index (χ3v) is 4.07. The summed E-state index contributed by atoms with van der Waals surface area (Å²) < 4.78 is 13.9. The van der Waals surface area contributed by atoms with Crippen LogP contribution < -0.4 is 5.73 Å². The molecule has 4 heteroatoms. The van der Waals surface area contributed by atoms with Crippen molar-refractivity contribution in [3.63, 3.8) is 0 Å². The smallest absolute Gasteiger partial charge is 0.140 e. The zero-order chi connectivity index (χ0) is 12.4. The first-order chi connectivity index (χ1) is 8.06. The summed E-state index contributed by atoms with van der Waals surface area (Å²) >= 11 is 3.34. The minimum Gasteiger partial charge on any atom is -0.328 e. The van der Waals surface area contributed by atoms with Crippen molar-refractivity contribution in [3.05, 3.63) is 34.1 Å². The number of hydrogen-bond donors (Lipinski definition) is 1. The number of hydrogen-bond acceptors (Lipinski definition) is 2. The molecule has 2 N–H and O–H groups in total. The van der Waals surface area contributed by atoms with Crippen LogP contribution in [0.15, 0.2) is 22.7 Å². The maximum atomic E-state index is 13.1. The molecule has 1 aliphatic carbocycles. The molecule has 0 saturated heterocycles. The van der Waals surface area contributed by atoms with Crippen LogP contribution in [0.5, 0.6) is 0 Å². The van der Waals surface area contributed by atoms with Crippen molar-refractivity contribution in [2.45, 2.75) is 31.7 Å². The Labute approximate surface area is 109 Å². The fraction of sp³-hybridized carbons (Fsp3) is 0.462. The molecule has 1 aromatic rings. The summed E-state index contributed by atoms with van der Waals surface area (Å²) in [7, 11) is 0. The zero-order valence-electron chi connectivity index (χ0n) is 9.46. The highest BCUT2D eigenvalue weighted by molar-refractivity contribution is 9.10. The van der Waals surface area contributed by atoms with Gasteiger partial charge in [-0.15, -0.1) is 0 Å². The molecular weight excluding hydrogens is 285 g/mol. The van der Waals surface area contributed by atoms with E-state index in [1.165, 1.54) is 12.1 Å². The normalized spacial score (nSPS) is 23.9. The second-order valence-electron chi connectivity index (χ2n) is 4.65. The molecule has 0 aliphatic heterocycles. The number of benzene rings is 1. The van der Waals surface area contributed by atoms with Crippen LogP contribution in [0.3, 0.4) is 0 Å². The largest absolute Gasteiger partial charge is 0.328 e. The Kier molecular flexibility index (Phi) is 3.94. The first-order valence-electron chi connectivity index (χ1n) is 5.78. The fourth-order valence-corrected chi connectivity index (χ4v) is 2.71. The van der Waals surface area contributed by atoms with E-state index in [9.17, 15) is 9.18 Å². The van der Waals surface area contributed by atoms with Crippen molar-refractivity contribution in [3.8, 4) is 0 Å². The average Bonchev–Trinajstić information content (AvgIpc) is 2.70. The highest BCUT2D eigenvalue weighted by atomic mass is 79.9. The van der Waals surface area contributed by atoms with Gasteiger partial charge in [0.1, 0.15) is 11.6 Å². The lowest BCUT2D eigenvalue weighted by atomic mass is 9.96. The maximum absolute atomic E-state index is 13.1. The number of carbonyl (C=O) groups excluding carboxylic acids is 1. The molecule has 0 spiro atoms. The van der Waals surface area contributed by atoms with E-state index in [0.717, 1.165) is 29.3 Å². The van der Waals surface area contributed by atoms with Crippen LogP contribution in [0.2, 0.25) is 0 Å². The molecule has 0 amide bonds. The van der Waals surface area contributed by atoms with Gasteiger partial charge in [0, 0.05) is 22.9 Å². The van der Waals surface area contributed by atoms with Crippen molar-refractivity contribution >= 4 is 21.7 Å². The third kappa shape index (κ3) is 3.13. The van der Waals surface area contributed by atoms with Crippen LogP contribution in [-0.2, 0) is 11.2 Å². The Morgan fingerprint density at radius 3 is 2.88 bits per heavy atom. The molecule has 1 fully saturated rings. The molecular formula is C13H15BrFNO. The highest BCUT2D eigenvalue weighted by Crippen LogP contribution is 2.27. The van der Waals surface area contributed by atoms with Crippen LogP contribution in [0.4, 0.5) is 4.39 Å². The van der Waals surface area contributed by atoms with Gasteiger partial charge >= 0.3 is 0 Å². The molecule has 17 heavy (non-hydrogen) atoms. The van der Waals surface area contributed by atoms with Crippen molar-refractivity contribution in [1.82, 2.24) is 0 Å². The van der Waals surface area contributed by atoms with Crippen LogP contribution in [0, 0.1) is 11.7 Å². The monoisotopic (exact) mass is 299 g/mol. The van der Waals surface area contributed by atoms with Crippen LogP contribution in [0.1, 0.15) is 24.8 Å². The molecule has 2 atom stereocenters. The van der Waals surface area contributed by atoms with Gasteiger partial charge in [-0.1, -0.05) is 15.9 Å². The van der Waals surface area contributed by atoms with Gasteiger partial charge in [0.15, 0.2) is 0 Å². The van der Waals surface area contributed by atoms with E-state index >= 15 is 0 Å². The van der Waals surface area contributed by atoms with E-state index in [1.54, 1.807) is 6.07 Å². The van der Waals surface area contributed by atoms with Gasteiger partial charge in [-0.2, -0.15) is 0 Å². The standard InChI is InChI=1S/C13H15BrFNO/c14-12-4-2-10(15)5-9(12)7-13(17)8-1-3-11(16)6-8/h2,4-5,8,11H,1,3,6-7,16H2. The van der Waals surface area contributed by atoms with E-state index in [-0.39, 0.29) is 30.0 Å². The molecule has 0 aromatic heterocycles. The molecule has 0 bridgehead atoms. The number of rotatable bonds is 3. The molecule has 1 aliphatic rings. The number of Topliss-reactive ketones (excluding diaryl/α,β-unsaturated/α-hetero) is 1. The lowest BCUT2D eigenvalue weighted by molar-refractivity contribution is -0.122. The molecule has 0 heterocycles. The zero-order valence-corrected chi connectivity index (χ0v) is 11.0. The summed E-state index contributed by atoms with van der Waals surface area (Å²) in [4.78, 5) is 12.0. The summed E-state index contributed by atoms with van der Waals surface area (Å²) in [6, 6.07) is 4.58. The number of carbonyl (C=O) groups is 1. The average molecular weight is 300 g/mol. The topological polar surface area (TPSA) is 43.1 Å². The third-order valence-electron chi connectivity index (χ3n) is 3.30. The maximum Gasteiger partial charge on any atom is 0.140 e. The van der Waals surface area contributed by atoms with Gasteiger partial charge in [0.25, 0.3) is 0 Å². The Morgan fingerprint density at radius 2 is 2.24 bits per heavy atom. The second-order valence-corrected chi connectivity index (χ2v) is 5.50. The van der Waals surface area contributed by atoms with Crippen molar-refractivity contribution in [2.24, 2.45) is 11.7 Å². The summed E-state index contributed by atoms with van der Waals surface area (Å²) in [6.07, 6.45) is 2.84. The van der Waals surface area contributed by atoms with Crippen molar-refractivity contribution in [1.29, 1.82) is 0 Å². The lowest BCUT2D eigenvalue weighted by Gasteiger charge is -2.09. The van der Waals surface area contributed by atoms with E-state index < -0.39 is 0 Å². The number of nitrogens with two attached hydrogens (primary N) is 1. The lowest BCUT2D eigenvalue weighted by Crippen LogP contribution is -2.19. The van der Waals surface area contributed by atoms with Crippen molar-refractivity contribution < 1.29 is 9.18 Å². The molecule has 1 saturated carbocycles. The molecule has 0 radical (unpaired) electrons. The predicted molar refractivity (Wildman–Crippen MR) is 68.1 cm³/mol. The number of ketones is 1. The van der Waals surface area contributed by atoms with E-state index in [4.69, 9.17) is 5.73 Å². The van der Waals surface area contributed by atoms with Crippen molar-refractivity contribution in [2.75, 3.05) is 0 Å². The van der Waals surface area contributed by atoms with E-state index in [1.807, 2.05) is 0 Å². The van der Waals surface area contributed by atoms with Gasteiger partial charge in [0.05, 0.1) is 0 Å². The first kappa shape index (κ1) is 12.7. The summed E-state index contributed by atoms with van der Waals surface area (Å²) in [6.45, 7) is 0. The second kappa shape index (κ2) is 5.27. The summed E-state index contributed by atoms with van der Waals surface area (Å²) in [5, 5.41) is 0. The van der Waals surface area contributed by atoms with E-state index in [2.05, 4.69) is 15.9 Å². The molecule has 2 rings (SSSR count). The Morgan fingerprint density at radius 1 is 1.47 bits per heavy atom. The minimum absolute atomic E-state index is 0.0557. The Balaban J connectivity index is 2.05.